The molecule has 84 valence electrons. The second-order valence-corrected chi connectivity index (χ2v) is 5.61. The molecule has 15 heavy (non-hydrogen) atoms. The Morgan fingerprint density at radius 1 is 1.60 bits per heavy atom. The van der Waals surface area contributed by atoms with Gasteiger partial charge >= 0.3 is 0 Å². The van der Waals surface area contributed by atoms with Crippen LogP contribution >= 0.6 is 11.8 Å². The SMILES string of the molecule is CCC(C(C)=O)C1CC(C)C(SC#N)C1. The zero-order valence-electron chi connectivity index (χ0n) is 9.69. The highest BCUT2D eigenvalue weighted by molar-refractivity contribution is 8.04. The van der Waals surface area contributed by atoms with E-state index in [1.54, 1.807) is 6.92 Å². The van der Waals surface area contributed by atoms with Gasteiger partial charge in [0, 0.05) is 11.2 Å². The smallest absolute Gasteiger partial charge is 0.133 e. The van der Waals surface area contributed by atoms with Gasteiger partial charge in [-0.25, -0.2) is 0 Å². The van der Waals surface area contributed by atoms with E-state index in [0.717, 1.165) is 19.3 Å². The van der Waals surface area contributed by atoms with Crippen LogP contribution in [0.3, 0.4) is 0 Å². The van der Waals surface area contributed by atoms with E-state index in [1.807, 2.05) is 0 Å². The van der Waals surface area contributed by atoms with Gasteiger partial charge in [0.15, 0.2) is 0 Å². The molecule has 0 N–H and O–H groups in total. The van der Waals surface area contributed by atoms with E-state index in [1.165, 1.54) is 11.8 Å². The minimum atomic E-state index is 0.219. The van der Waals surface area contributed by atoms with E-state index in [4.69, 9.17) is 5.26 Å². The number of carbonyl (C=O) groups is 1. The van der Waals surface area contributed by atoms with Crippen LogP contribution in [0.25, 0.3) is 0 Å². The number of rotatable bonds is 4. The van der Waals surface area contributed by atoms with Crippen molar-refractivity contribution >= 4 is 17.5 Å². The number of ketones is 1. The molecule has 3 heteroatoms. The van der Waals surface area contributed by atoms with Crippen LogP contribution in [-0.4, -0.2) is 11.0 Å². The van der Waals surface area contributed by atoms with Crippen LogP contribution in [0.2, 0.25) is 0 Å². The molecule has 0 bridgehead atoms. The molecule has 1 rings (SSSR count). The molecule has 0 radical (unpaired) electrons. The van der Waals surface area contributed by atoms with E-state index in [2.05, 4.69) is 19.2 Å². The van der Waals surface area contributed by atoms with Gasteiger partial charge in [-0.15, -0.1) is 0 Å². The lowest BCUT2D eigenvalue weighted by Gasteiger charge is -2.18. The van der Waals surface area contributed by atoms with Crippen molar-refractivity contribution < 1.29 is 4.79 Å². The second kappa shape index (κ2) is 5.55. The number of nitrogens with zero attached hydrogens (tertiary/aromatic N) is 1. The molecule has 4 unspecified atom stereocenters. The number of Topliss-reactive ketones (excluding diaryl/α,β-unsaturated/α-hetero) is 1. The van der Waals surface area contributed by atoms with Crippen molar-refractivity contribution in [2.24, 2.45) is 17.8 Å². The highest BCUT2D eigenvalue weighted by Crippen LogP contribution is 2.42. The van der Waals surface area contributed by atoms with Crippen LogP contribution in [0.4, 0.5) is 0 Å². The second-order valence-electron chi connectivity index (χ2n) is 4.58. The van der Waals surface area contributed by atoms with Crippen molar-refractivity contribution in [3.63, 3.8) is 0 Å². The topological polar surface area (TPSA) is 40.9 Å². The van der Waals surface area contributed by atoms with Crippen LogP contribution in [-0.2, 0) is 4.79 Å². The van der Waals surface area contributed by atoms with Crippen LogP contribution in [0.15, 0.2) is 0 Å². The van der Waals surface area contributed by atoms with Gasteiger partial charge in [0.1, 0.15) is 11.2 Å². The standard InChI is InChI=1S/C12H19NOS/c1-4-11(9(3)14)10-5-8(2)12(6-10)15-7-13/h8,10-12H,4-6H2,1-3H3. The van der Waals surface area contributed by atoms with E-state index in [9.17, 15) is 4.79 Å². The molecule has 1 saturated carbocycles. The summed E-state index contributed by atoms with van der Waals surface area (Å²) >= 11 is 1.38. The molecular weight excluding hydrogens is 206 g/mol. The summed E-state index contributed by atoms with van der Waals surface area (Å²) in [5, 5.41) is 11.3. The summed E-state index contributed by atoms with van der Waals surface area (Å²) in [5.74, 6) is 1.62. The Hall–Kier alpha value is -0.490. The molecule has 0 aromatic heterocycles. The third-order valence-electron chi connectivity index (χ3n) is 3.58. The highest BCUT2D eigenvalue weighted by Gasteiger charge is 2.37. The number of thiocyanates is 1. The van der Waals surface area contributed by atoms with Crippen LogP contribution < -0.4 is 0 Å². The lowest BCUT2D eigenvalue weighted by molar-refractivity contribution is -0.122. The third kappa shape index (κ3) is 2.98. The molecule has 0 saturated heterocycles. The van der Waals surface area contributed by atoms with Crippen molar-refractivity contribution in [1.29, 1.82) is 5.26 Å². The maximum atomic E-state index is 11.5. The molecule has 0 aromatic rings. The largest absolute Gasteiger partial charge is 0.300 e. The average molecular weight is 225 g/mol. The first-order valence-electron chi connectivity index (χ1n) is 5.65. The van der Waals surface area contributed by atoms with Gasteiger partial charge in [-0.2, -0.15) is 5.26 Å². The minimum Gasteiger partial charge on any atom is -0.300 e. The van der Waals surface area contributed by atoms with Crippen molar-refractivity contribution in [2.45, 2.75) is 45.3 Å². The fourth-order valence-electron chi connectivity index (χ4n) is 2.77. The molecule has 0 aliphatic heterocycles. The number of hydrogen-bond acceptors (Lipinski definition) is 3. The van der Waals surface area contributed by atoms with Crippen molar-refractivity contribution in [3.05, 3.63) is 0 Å². The Bertz CT molecular complexity index is 271. The first kappa shape index (κ1) is 12.6. The van der Waals surface area contributed by atoms with Gasteiger partial charge in [-0.05, 0) is 49.8 Å². The number of nitriles is 1. The summed E-state index contributed by atoms with van der Waals surface area (Å²) in [6.45, 7) is 5.98. The van der Waals surface area contributed by atoms with E-state index < -0.39 is 0 Å². The zero-order chi connectivity index (χ0) is 11.4. The fraction of sp³-hybridized carbons (Fsp3) is 0.833. The summed E-state index contributed by atoms with van der Waals surface area (Å²) in [6, 6.07) is 0. The Kier molecular flexibility index (Phi) is 4.66. The first-order chi connectivity index (χ1) is 7.10. The fourth-order valence-corrected chi connectivity index (χ4v) is 3.59. The van der Waals surface area contributed by atoms with Crippen LogP contribution in [0.1, 0.15) is 40.0 Å². The monoisotopic (exact) mass is 225 g/mol. The summed E-state index contributed by atoms with van der Waals surface area (Å²) in [5.41, 5.74) is 0. The molecule has 1 aliphatic carbocycles. The highest BCUT2D eigenvalue weighted by atomic mass is 32.2. The summed E-state index contributed by atoms with van der Waals surface area (Å²) in [7, 11) is 0. The molecule has 0 heterocycles. The van der Waals surface area contributed by atoms with E-state index in [-0.39, 0.29) is 5.92 Å². The molecular formula is C12H19NOS. The minimum absolute atomic E-state index is 0.219. The maximum absolute atomic E-state index is 11.5. The number of thioether (sulfide) groups is 1. The summed E-state index contributed by atoms with van der Waals surface area (Å²) in [6.07, 6.45) is 3.09. The normalized spacial score (nSPS) is 32.3. The Balaban J connectivity index is 2.60. The van der Waals surface area contributed by atoms with Crippen LogP contribution in [0, 0.1) is 28.4 Å². The molecule has 0 spiro atoms. The van der Waals surface area contributed by atoms with Gasteiger partial charge in [-0.1, -0.05) is 13.8 Å². The lowest BCUT2D eigenvalue weighted by Crippen LogP contribution is -2.19. The van der Waals surface area contributed by atoms with E-state index in [0.29, 0.717) is 22.9 Å². The lowest BCUT2D eigenvalue weighted by atomic mass is 9.85. The first-order valence-corrected chi connectivity index (χ1v) is 6.53. The van der Waals surface area contributed by atoms with Gasteiger partial charge < -0.3 is 0 Å². The molecule has 2 nitrogen and oxygen atoms in total. The molecule has 1 aliphatic rings. The molecule has 1 fully saturated rings. The molecule has 0 aromatic carbocycles. The van der Waals surface area contributed by atoms with Crippen molar-refractivity contribution in [2.75, 3.05) is 0 Å². The third-order valence-corrected chi connectivity index (χ3v) is 4.64. The Morgan fingerprint density at radius 3 is 2.73 bits per heavy atom. The van der Waals surface area contributed by atoms with Crippen molar-refractivity contribution in [3.8, 4) is 5.40 Å². The molecule has 0 amide bonds. The quantitative estimate of drug-likeness (QED) is 0.690. The maximum Gasteiger partial charge on any atom is 0.133 e. The zero-order valence-corrected chi connectivity index (χ0v) is 10.5. The molecule has 4 atom stereocenters. The summed E-state index contributed by atoms with van der Waals surface area (Å²) in [4.78, 5) is 11.5. The average Bonchev–Trinajstić information content (AvgIpc) is 2.49. The summed E-state index contributed by atoms with van der Waals surface area (Å²) < 4.78 is 0. The van der Waals surface area contributed by atoms with Crippen LogP contribution in [0.5, 0.6) is 0 Å². The predicted octanol–water partition coefficient (Wildman–Crippen LogP) is 3.23. The van der Waals surface area contributed by atoms with Gasteiger partial charge in [0.05, 0.1) is 0 Å². The van der Waals surface area contributed by atoms with Crippen molar-refractivity contribution in [1.82, 2.24) is 0 Å². The number of hydrogen-bond donors (Lipinski definition) is 0. The van der Waals surface area contributed by atoms with Gasteiger partial charge in [0.25, 0.3) is 0 Å². The Morgan fingerprint density at radius 2 is 2.27 bits per heavy atom. The number of carbonyl (C=O) groups excluding carboxylic acids is 1. The van der Waals surface area contributed by atoms with Gasteiger partial charge in [0.2, 0.25) is 0 Å². The van der Waals surface area contributed by atoms with E-state index >= 15 is 0 Å². The Labute approximate surface area is 96.4 Å². The predicted molar refractivity (Wildman–Crippen MR) is 63.3 cm³/mol. The van der Waals surface area contributed by atoms with Gasteiger partial charge in [-0.3, -0.25) is 4.79 Å².